The third-order valence-corrected chi connectivity index (χ3v) is 4.50. The molecular formula is C15H21N3O4. The Bertz CT molecular complexity index is 591. The molecule has 1 spiro atoms. The van der Waals surface area contributed by atoms with Crippen molar-refractivity contribution in [1.82, 2.24) is 15.1 Å². The zero-order chi connectivity index (χ0) is 15.9. The molecule has 22 heavy (non-hydrogen) atoms. The molecular weight excluding hydrogens is 286 g/mol. The van der Waals surface area contributed by atoms with E-state index in [1.807, 2.05) is 11.9 Å². The van der Waals surface area contributed by atoms with E-state index in [1.54, 1.807) is 24.9 Å². The topological polar surface area (TPSA) is 75.0 Å². The minimum Gasteiger partial charge on any atom is -0.469 e. The van der Waals surface area contributed by atoms with E-state index in [0.29, 0.717) is 37.6 Å². The minimum atomic E-state index is -0.355. The van der Waals surface area contributed by atoms with Crippen LogP contribution in [0.5, 0.6) is 0 Å². The standard InChI is InChI=1S/C15H21N3O4/c1-10-11(4-5-21-10)14(20)18-8-15(9-18)7-17(3)12(6-22-15)13(19)16-2/h4-5,12H,6-9H2,1-3H3,(H,16,19). The Balaban J connectivity index is 1.60. The van der Waals surface area contributed by atoms with Gasteiger partial charge in [-0.3, -0.25) is 14.5 Å². The highest BCUT2D eigenvalue weighted by molar-refractivity contribution is 5.95. The van der Waals surface area contributed by atoms with E-state index in [-0.39, 0.29) is 23.5 Å². The first-order valence-electron chi connectivity index (χ1n) is 7.35. The molecule has 7 heteroatoms. The second-order valence-electron chi connectivity index (χ2n) is 6.09. The molecule has 0 aromatic carbocycles. The number of rotatable bonds is 2. The molecule has 7 nitrogen and oxygen atoms in total. The second kappa shape index (κ2) is 5.40. The van der Waals surface area contributed by atoms with E-state index < -0.39 is 0 Å². The molecule has 3 rings (SSSR count). The van der Waals surface area contributed by atoms with Gasteiger partial charge in [0, 0.05) is 13.6 Å². The van der Waals surface area contributed by atoms with E-state index in [1.165, 1.54) is 6.26 Å². The summed E-state index contributed by atoms with van der Waals surface area (Å²) in [6.07, 6.45) is 1.52. The Labute approximate surface area is 129 Å². The molecule has 2 fully saturated rings. The molecule has 0 saturated carbocycles. The number of hydrogen-bond acceptors (Lipinski definition) is 5. The number of carbonyl (C=O) groups is 2. The van der Waals surface area contributed by atoms with E-state index in [2.05, 4.69) is 5.32 Å². The average molecular weight is 307 g/mol. The van der Waals surface area contributed by atoms with Crippen LogP contribution >= 0.6 is 0 Å². The van der Waals surface area contributed by atoms with Crippen molar-refractivity contribution < 1.29 is 18.7 Å². The normalized spacial score (nSPS) is 24.1. The molecule has 1 unspecified atom stereocenters. The Morgan fingerprint density at radius 2 is 2.09 bits per heavy atom. The predicted molar refractivity (Wildman–Crippen MR) is 78.5 cm³/mol. The van der Waals surface area contributed by atoms with E-state index in [9.17, 15) is 9.59 Å². The minimum absolute atomic E-state index is 0.0310. The smallest absolute Gasteiger partial charge is 0.257 e. The van der Waals surface area contributed by atoms with E-state index >= 15 is 0 Å². The summed E-state index contributed by atoms with van der Waals surface area (Å²) in [7, 11) is 3.53. The molecule has 0 bridgehead atoms. The van der Waals surface area contributed by atoms with Gasteiger partial charge in [-0.05, 0) is 20.0 Å². The van der Waals surface area contributed by atoms with Crippen LogP contribution in [-0.2, 0) is 9.53 Å². The highest BCUT2D eigenvalue weighted by atomic mass is 16.5. The zero-order valence-corrected chi connectivity index (χ0v) is 13.1. The summed E-state index contributed by atoms with van der Waals surface area (Å²) in [5.41, 5.74) is 0.245. The van der Waals surface area contributed by atoms with Gasteiger partial charge < -0.3 is 19.4 Å². The summed E-state index contributed by atoms with van der Waals surface area (Å²) in [6.45, 7) is 3.85. The van der Waals surface area contributed by atoms with Crippen molar-refractivity contribution in [1.29, 1.82) is 0 Å². The number of furan rings is 1. The van der Waals surface area contributed by atoms with Crippen molar-refractivity contribution in [3.63, 3.8) is 0 Å². The van der Waals surface area contributed by atoms with Crippen LogP contribution in [0.15, 0.2) is 16.7 Å². The molecule has 2 aliphatic heterocycles. The lowest BCUT2D eigenvalue weighted by molar-refractivity contribution is -0.187. The highest BCUT2D eigenvalue weighted by Gasteiger charge is 2.51. The first kappa shape index (κ1) is 15.1. The number of nitrogens with zero attached hydrogens (tertiary/aromatic N) is 2. The van der Waals surface area contributed by atoms with Gasteiger partial charge in [-0.25, -0.2) is 0 Å². The lowest BCUT2D eigenvalue weighted by Crippen LogP contribution is -2.73. The van der Waals surface area contributed by atoms with Gasteiger partial charge in [0.1, 0.15) is 17.4 Å². The fourth-order valence-electron chi connectivity index (χ4n) is 3.20. The summed E-state index contributed by atoms with van der Waals surface area (Å²) in [5, 5.41) is 2.64. The second-order valence-corrected chi connectivity index (χ2v) is 6.09. The van der Waals surface area contributed by atoms with Crippen molar-refractivity contribution in [3.05, 3.63) is 23.7 Å². The van der Waals surface area contributed by atoms with Gasteiger partial charge in [0.15, 0.2) is 0 Å². The van der Waals surface area contributed by atoms with Crippen LogP contribution in [0.2, 0.25) is 0 Å². The van der Waals surface area contributed by atoms with Crippen LogP contribution in [0.3, 0.4) is 0 Å². The molecule has 2 saturated heterocycles. The number of likely N-dealkylation sites (N-methyl/N-ethyl adjacent to an activating group) is 2. The number of carbonyl (C=O) groups excluding carboxylic acids is 2. The number of amides is 2. The van der Waals surface area contributed by atoms with Gasteiger partial charge >= 0.3 is 0 Å². The third kappa shape index (κ3) is 2.40. The number of nitrogens with one attached hydrogen (secondary N) is 1. The van der Waals surface area contributed by atoms with Gasteiger partial charge in [-0.2, -0.15) is 0 Å². The number of aryl methyl sites for hydroxylation is 1. The number of ether oxygens (including phenoxy) is 1. The summed E-state index contributed by atoms with van der Waals surface area (Å²) >= 11 is 0. The summed E-state index contributed by atoms with van der Waals surface area (Å²) in [5.74, 6) is 0.558. The molecule has 0 radical (unpaired) electrons. The molecule has 3 heterocycles. The van der Waals surface area contributed by atoms with Gasteiger partial charge in [0.25, 0.3) is 5.91 Å². The largest absolute Gasteiger partial charge is 0.469 e. The van der Waals surface area contributed by atoms with Gasteiger partial charge in [0.05, 0.1) is 31.5 Å². The highest BCUT2D eigenvalue weighted by Crippen LogP contribution is 2.32. The molecule has 120 valence electrons. The Hall–Kier alpha value is -1.86. The van der Waals surface area contributed by atoms with Crippen LogP contribution in [0, 0.1) is 6.92 Å². The van der Waals surface area contributed by atoms with Crippen molar-refractivity contribution in [2.45, 2.75) is 18.6 Å². The fraction of sp³-hybridized carbons (Fsp3) is 0.600. The molecule has 2 amide bonds. The van der Waals surface area contributed by atoms with Crippen molar-refractivity contribution in [3.8, 4) is 0 Å². The van der Waals surface area contributed by atoms with E-state index in [4.69, 9.17) is 9.15 Å². The van der Waals surface area contributed by atoms with Crippen LogP contribution in [-0.4, -0.2) is 73.6 Å². The van der Waals surface area contributed by atoms with Crippen LogP contribution in [0.25, 0.3) is 0 Å². The number of hydrogen-bond donors (Lipinski definition) is 1. The van der Waals surface area contributed by atoms with Gasteiger partial charge in [-0.1, -0.05) is 0 Å². The Morgan fingerprint density at radius 3 is 2.64 bits per heavy atom. The third-order valence-electron chi connectivity index (χ3n) is 4.50. The summed E-state index contributed by atoms with van der Waals surface area (Å²) < 4.78 is 11.1. The quantitative estimate of drug-likeness (QED) is 0.823. The molecule has 2 aliphatic rings. The maximum absolute atomic E-state index is 12.4. The Morgan fingerprint density at radius 1 is 1.36 bits per heavy atom. The molecule has 0 aliphatic carbocycles. The van der Waals surface area contributed by atoms with Gasteiger partial charge in [-0.15, -0.1) is 0 Å². The molecule has 1 aromatic rings. The number of likely N-dealkylation sites (tertiary alicyclic amines) is 1. The van der Waals surface area contributed by atoms with Crippen LogP contribution < -0.4 is 5.32 Å². The first-order chi connectivity index (χ1) is 10.5. The zero-order valence-electron chi connectivity index (χ0n) is 13.1. The average Bonchev–Trinajstić information content (AvgIpc) is 2.89. The Kier molecular flexibility index (Phi) is 3.70. The van der Waals surface area contributed by atoms with E-state index in [0.717, 1.165) is 0 Å². The molecule has 1 N–H and O–H groups in total. The van der Waals surface area contributed by atoms with Crippen LogP contribution in [0.4, 0.5) is 0 Å². The maximum Gasteiger partial charge on any atom is 0.257 e. The summed E-state index contributed by atoms with van der Waals surface area (Å²) in [6, 6.07) is 1.43. The first-order valence-corrected chi connectivity index (χ1v) is 7.35. The number of morpholine rings is 1. The SMILES string of the molecule is CNC(=O)C1COC2(CN(C(=O)c3ccoc3C)C2)CN1C. The van der Waals surface area contributed by atoms with Crippen LogP contribution in [0.1, 0.15) is 16.1 Å². The molecule has 1 aromatic heterocycles. The van der Waals surface area contributed by atoms with Crippen molar-refractivity contribution in [2.24, 2.45) is 0 Å². The van der Waals surface area contributed by atoms with Gasteiger partial charge in [0.2, 0.25) is 5.91 Å². The maximum atomic E-state index is 12.4. The van der Waals surface area contributed by atoms with Crippen molar-refractivity contribution >= 4 is 11.8 Å². The predicted octanol–water partition coefficient (Wildman–Crippen LogP) is -0.141. The summed E-state index contributed by atoms with van der Waals surface area (Å²) in [4.78, 5) is 27.9. The lowest BCUT2D eigenvalue weighted by Gasteiger charge is -2.54. The monoisotopic (exact) mass is 307 g/mol. The lowest BCUT2D eigenvalue weighted by atomic mass is 9.90. The molecule has 1 atom stereocenters. The fourth-order valence-corrected chi connectivity index (χ4v) is 3.20. The van der Waals surface area contributed by atoms with Crippen molar-refractivity contribution in [2.75, 3.05) is 40.3 Å².